The number of pyridine rings is 1. The lowest BCUT2D eigenvalue weighted by Crippen LogP contribution is -2.62. The van der Waals surface area contributed by atoms with Crippen molar-refractivity contribution in [3.8, 4) is 22.5 Å². The lowest BCUT2D eigenvalue weighted by Gasteiger charge is -2.36. The molecule has 8 heterocycles. The first-order valence-corrected chi connectivity index (χ1v) is 27.4. The zero-order chi connectivity index (χ0) is 55.5. The van der Waals surface area contributed by atoms with Gasteiger partial charge in [-0.2, -0.15) is 13.2 Å². The summed E-state index contributed by atoms with van der Waals surface area (Å²) in [5, 5.41) is 6.35. The van der Waals surface area contributed by atoms with Gasteiger partial charge in [-0.15, -0.1) is 11.3 Å². The number of hydrogen-bond donors (Lipinski definition) is 2. The van der Waals surface area contributed by atoms with E-state index in [1.165, 1.54) is 28.0 Å². The smallest absolute Gasteiger partial charge is 0.406 e. The number of aromatic nitrogens is 3. The third-order valence-corrected chi connectivity index (χ3v) is 16.9. The average molecular weight is 1120 g/mol. The number of nitrogens with zero attached hydrogens (tertiary/aromatic N) is 8. The van der Waals surface area contributed by atoms with Crippen molar-refractivity contribution in [3.63, 3.8) is 0 Å². The zero-order valence-corrected chi connectivity index (χ0v) is 45.8. The molecule has 6 atom stereocenters. The summed E-state index contributed by atoms with van der Waals surface area (Å²) in [6.45, 7) is 10.4. The monoisotopic (exact) mass is 1120 g/mol. The SMILES string of the molecule is CO[C@@H](C)c1ncc(N2CCN(C)CC2)cc1-c1c2c3cc(c(F)cc3n1CC(F)(F)F)-c1csc(n1)C[C@H](NC(=O)[C@H](C(C)C)N1CC[C@]3(CCN(C(=O)[C@H](F)Cl)C3)C1=O)C(=O)N1CCC[C@H](N1)C(=O)OCC(C)(C)C2. The van der Waals surface area contributed by atoms with Crippen LogP contribution in [0.15, 0.2) is 29.8 Å². The van der Waals surface area contributed by atoms with Crippen LogP contribution in [0, 0.1) is 22.6 Å². The molecule has 0 saturated carbocycles. The number of esters is 1. The zero-order valence-electron chi connectivity index (χ0n) is 44.3. The number of halogens is 6. The molecule has 77 heavy (non-hydrogen) atoms. The molecule has 5 aliphatic heterocycles. The number of alkyl halides is 5. The van der Waals surface area contributed by atoms with E-state index >= 15 is 17.6 Å². The van der Waals surface area contributed by atoms with E-state index in [0.717, 1.165) is 35.1 Å². The van der Waals surface area contributed by atoms with Gasteiger partial charge < -0.3 is 39.0 Å². The van der Waals surface area contributed by atoms with Gasteiger partial charge in [-0.3, -0.25) is 34.0 Å². The molecule has 6 bridgehead atoms. The van der Waals surface area contributed by atoms with Crippen molar-refractivity contribution in [2.45, 2.75) is 116 Å². The Morgan fingerprint density at radius 3 is 2.44 bits per heavy atom. The highest BCUT2D eigenvalue weighted by atomic mass is 35.5. The van der Waals surface area contributed by atoms with Crippen LogP contribution in [-0.2, 0) is 52.8 Å². The van der Waals surface area contributed by atoms with E-state index in [2.05, 4.69) is 20.5 Å². The molecule has 4 amide bonds. The highest BCUT2D eigenvalue weighted by Crippen LogP contribution is 2.46. The van der Waals surface area contributed by atoms with E-state index in [-0.39, 0.29) is 80.4 Å². The molecule has 17 nitrogen and oxygen atoms in total. The fourth-order valence-electron chi connectivity index (χ4n) is 11.6. The van der Waals surface area contributed by atoms with Gasteiger partial charge in [0.25, 0.3) is 17.4 Å². The number of nitrogens with one attached hydrogen (secondary N) is 2. The highest BCUT2D eigenvalue weighted by Gasteiger charge is 2.55. The average Bonchev–Trinajstić information content (AvgIpc) is 4.38. The van der Waals surface area contributed by atoms with Crippen LogP contribution >= 0.6 is 22.9 Å². The number of methoxy groups -OCH3 is 1. The molecule has 0 unspecified atom stereocenters. The van der Waals surface area contributed by atoms with E-state index in [0.29, 0.717) is 65.3 Å². The summed E-state index contributed by atoms with van der Waals surface area (Å²) >= 11 is 6.56. The molecular formula is C53H66ClF5N10O7S. The lowest BCUT2D eigenvalue weighted by atomic mass is 9.84. The Labute approximate surface area is 452 Å². The Bertz CT molecular complexity index is 2930. The van der Waals surface area contributed by atoms with Crippen LogP contribution in [0.3, 0.4) is 0 Å². The number of amides is 4. The van der Waals surface area contributed by atoms with Crippen LogP contribution in [0.1, 0.15) is 82.7 Å². The number of likely N-dealkylation sites (tertiary alicyclic amines) is 2. The number of fused-ring (bicyclic) bond motifs is 6. The van der Waals surface area contributed by atoms with E-state index in [9.17, 15) is 28.4 Å². The second kappa shape index (κ2) is 22.0. The van der Waals surface area contributed by atoms with Gasteiger partial charge >= 0.3 is 12.1 Å². The number of likely N-dealkylation sites (N-methyl/N-ethyl adjacent to an activating group) is 1. The Kier molecular flexibility index (Phi) is 16.0. The Morgan fingerprint density at radius 2 is 1.75 bits per heavy atom. The minimum absolute atomic E-state index is 0.0221. The highest BCUT2D eigenvalue weighted by molar-refractivity contribution is 7.10. The molecule has 4 fully saturated rings. The van der Waals surface area contributed by atoms with Gasteiger partial charge in [-0.1, -0.05) is 39.3 Å². The first-order chi connectivity index (χ1) is 36.4. The Morgan fingerprint density at radius 1 is 1.03 bits per heavy atom. The van der Waals surface area contributed by atoms with Crippen LogP contribution in [0.25, 0.3) is 33.4 Å². The third kappa shape index (κ3) is 11.5. The van der Waals surface area contributed by atoms with Crippen molar-refractivity contribution in [1.82, 2.24) is 45.0 Å². The first kappa shape index (κ1) is 56.2. The van der Waals surface area contributed by atoms with Crippen molar-refractivity contribution < 1.29 is 55.4 Å². The van der Waals surface area contributed by atoms with Crippen LogP contribution in [0.5, 0.6) is 0 Å². The normalized spacial score (nSPS) is 23.9. The number of cyclic esters (lactones) is 1. The van der Waals surface area contributed by atoms with Crippen LogP contribution < -0.4 is 15.6 Å². The number of ether oxygens (including phenoxy) is 2. The molecular weight excluding hydrogens is 1050 g/mol. The van der Waals surface area contributed by atoms with E-state index in [1.807, 2.05) is 27.0 Å². The molecule has 3 aromatic heterocycles. The summed E-state index contributed by atoms with van der Waals surface area (Å²) in [6.07, 6.45) is -2.67. The Hall–Kier alpha value is -5.49. The topological polar surface area (TPSA) is 175 Å². The molecule has 9 rings (SSSR count). The summed E-state index contributed by atoms with van der Waals surface area (Å²) < 4.78 is 88.9. The molecule has 0 aliphatic carbocycles. The van der Waals surface area contributed by atoms with Crippen molar-refractivity contribution in [1.29, 1.82) is 0 Å². The van der Waals surface area contributed by atoms with Crippen LogP contribution in [0.2, 0.25) is 0 Å². The van der Waals surface area contributed by atoms with Gasteiger partial charge in [0, 0.05) is 93.2 Å². The number of thiazole rings is 1. The molecule has 4 saturated heterocycles. The lowest BCUT2D eigenvalue weighted by molar-refractivity contribution is -0.155. The fraction of sp³-hybridized carbons (Fsp3) is 0.604. The Balaban J connectivity index is 1.14. The number of hydrazine groups is 1. The maximum Gasteiger partial charge on any atom is 0.406 e. The van der Waals surface area contributed by atoms with Gasteiger partial charge in [-0.05, 0) is 75.8 Å². The summed E-state index contributed by atoms with van der Waals surface area (Å²) in [7, 11) is 3.50. The van der Waals surface area contributed by atoms with Gasteiger partial charge in [0.2, 0.25) is 11.8 Å². The number of carbonyl (C=O) groups is 5. The van der Waals surface area contributed by atoms with Crippen molar-refractivity contribution in [3.05, 3.63) is 51.9 Å². The largest absolute Gasteiger partial charge is 0.464 e. The molecule has 1 spiro atoms. The van der Waals surface area contributed by atoms with E-state index in [1.54, 1.807) is 32.3 Å². The second-order valence-electron chi connectivity index (χ2n) is 22.4. The summed E-state index contributed by atoms with van der Waals surface area (Å²) in [6, 6.07) is 1.01. The molecule has 4 aromatic rings. The number of benzene rings is 1. The molecule has 5 aliphatic rings. The van der Waals surface area contributed by atoms with Crippen molar-refractivity contribution in [2.24, 2.45) is 16.7 Å². The van der Waals surface area contributed by atoms with Crippen molar-refractivity contribution >= 4 is 69.1 Å². The van der Waals surface area contributed by atoms with Crippen molar-refractivity contribution in [2.75, 3.05) is 78.0 Å². The number of hydrogen-bond acceptors (Lipinski definition) is 13. The maximum atomic E-state index is 17.0. The number of rotatable bonds is 10. The molecule has 24 heteroatoms. The number of anilines is 1. The fourth-order valence-corrected chi connectivity index (χ4v) is 12.6. The maximum absolute atomic E-state index is 17.0. The predicted octanol–water partition coefficient (Wildman–Crippen LogP) is 6.65. The molecule has 418 valence electrons. The minimum Gasteiger partial charge on any atom is -0.464 e. The van der Waals surface area contributed by atoms with Crippen LogP contribution in [-0.4, -0.2) is 167 Å². The number of piperazine rings is 1. The molecule has 2 N–H and O–H groups in total. The first-order valence-electron chi connectivity index (χ1n) is 26.1. The summed E-state index contributed by atoms with van der Waals surface area (Å²) in [5.41, 5.74) is 0.895. The van der Waals surface area contributed by atoms with E-state index in [4.69, 9.17) is 31.0 Å². The van der Waals surface area contributed by atoms with Gasteiger partial charge in [0.15, 0.2) is 0 Å². The van der Waals surface area contributed by atoms with Gasteiger partial charge in [0.1, 0.15) is 30.5 Å². The van der Waals surface area contributed by atoms with Gasteiger partial charge in [0.05, 0.1) is 57.6 Å². The minimum atomic E-state index is -4.76. The third-order valence-electron chi connectivity index (χ3n) is 15.8. The predicted molar refractivity (Wildman–Crippen MR) is 279 cm³/mol. The van der Waals surface area contributed by atoms with Crippen LogP contribution in [0.4, 0.5) is 27.6 Å². The second-order valence-corrected chi connectivity index (χ2v) is 23.7. The quantitative estimate of drug-likeness (QED) is 0.0986. The van der Waals surface area contributed by atoms with E-state index < -0.39 is 88.8 Å². The summed E-state index contributed by atoms with van der Waals surface area (Å²) in [5.74, 6) is -4.57. The molecule has 1 aromatic carbocycles. The number of carbonyl (C=O) groups excluding carboxylic acids is 5. The molecule has 0 radical (unpaired) electrons. The summed E-state index contributed by atoms with van der Waals surface area (Å²) in [4.78, 5) is 86.9. The van der Waals surface area contributed by atoms with Gasteiger partial charge in [-0.25, -0.2) is 19.2 Å². The standard InChI is InChI=1S/C53H66ClF5N10O7S/c1-29(2)43(67-14-11-52(50(67)74)10-13-66(26-52)48(72)45(54)56)46(70)62-38-22-41-61-39(25-77-41)33-20-32-35(23-51(4,5)28-76-49(73)37-9-8-12-69(63-37)47(38)71)44(68(27-53(57,58)59)40(32)21-36(33)55)34-19-31(24-60-42(34)30(3)75-7)65-17-15-64(6)16-18-65/h19-21,24-25,29-30,37-38,43,45,63H,8-18,22-23,26-28H2,1-7H3,(H,62,70)/t30-,37-,38-,43-,45-,52-/m0/s1.